The molecule has 0 aliphatic carbocycles. The fraction of sp³-hybridized carbons (Fsp3) is 0.120. The summed E-state index contributed by atoms with van der Waals surface area (Å²) < 4.78 is 8.69. The molecule has 6 nitrogen and oxygen atoms in total. The topological polar surface area (TPSA) is 73.6 Å². The third-order valence-corrected chi connectivity index (χ3v) is 7.58. The van der Waals surface area contributed by atoms with Crippen LogP contribution in [0, 0.1) is 0 Å². The third kappa shape index (κ3) is 4.46. The van der Waals surface area contributed by atoms with Crippen LogP contribution in [0.5, 0.6) is 0 Å². The number of thiazole rings is 1. The average Bonchev–Trinajstić information content (AvgIpc) is 3.47. The predicted molar refractivity (Wildman–Crippen MR) is 139 cm³/mol. The number of carbonyl (C=O) groups is 2. The number of aromatic nitrogens is 2. The maximum Gasteiger partial charge on any atom is 0.326 e. The number of esters is 1. The Morgan fingerprint density at radius 1 is 1.12 bits per heavy atom. The van der Waals surface area contributed by atoms with Gasteiger partial charge in [0.2, 0.25) is 0 Å². The van der Waals surface area contributed by atoms with Crippen LogP contribution in [0.3, 0.4) is 0 Å². The molecule has 3 heterocycles. The lowest BCUT2D eigenvalue weighted by molar-refractivity contribution is -0.143. The number of pyridine rings is 1. The van der Waals surface area contributed by atoms with E-state index in [1.807, 2.05) is 60.0 Å². The molecule has 0 atom stereocenters. The van der Waals surface area contributed by atoms with E-state index in [9.17, 15) is 9.59 Å². The van der Waals surface area contributed by atoms with E-state index in [-0.39, 0.29) is 25.0 Å². The third-order valence-electron chi connectivity index (χ3n) is 5.15. The zero-order valence-electron chi connectivity index (χ0n) is 18.0. The van der Waals surface area contributed by atoms with Crippen LogP contribution in [0.15, 0.2) is 75.5 Å². The van der Waals surface area contributed by atoms with Crippen LogP contribution in [-0.2, 0) is 16.1 Å². The lowest BCUT2D eigenvalue weighted by Gasteiger charge is -2.07. The van der Waals surface area contributed by atoms with Gasteiger partial charge in [0.05, 0.1) is 38.5 Å². The van der Waals surface area contributed by atoms with Crippen molar-refractivity contribution in [3.05, 3.63) is 80.9 Å². The minimum atomic E-state index is -0.389. The Morgan fingerprint density at radius 2 is 1.97 bits per heavy atom. The van der Waals surface area contributed by atoms with Crippen LogP contribution in [0.25, 0.3) is 31.7 Å². The Bertz CT molecular complexity index is 1600. The van der Waals surface area contributed by atoms with Crippen molar-refractivity contribution in [1.29, 1.82) is 0 Å². The maximum absolute atomic E-state index is 13.5. The first-order valence-electron chi connectivity index (χ1n) is 10.5. The summed E-state index contributed by atoms with van der Waals surface area (Å²) in [4.78, 5) is 36.5. The predicted octanol–water partition coefficient (Wildman–Crippen LogP) is 6.05. The molecule has 0 fully saturated rings. The fourth-order valence-electron chi connectivity index (χ4n) is 3.67. The molecule has 5 aromatic rings. The van der Waals surface area contributed by atoms with Gasteiger partial charge in [0.1, 0.15) is 6.54 Å². The van der Waals surface area contributed by atoms with E-state index in [1.54, 1.807) is 28.9 Å². The van der Waals surface area contributed by atoms with Gasteiger partial charge in [-0.05, 0) is 48.7 Å². The molecule has 34 heavy (non-hydrogen) atoms. The molecule has 0 saturated heterocycles. The van der Waals surface area contributed by atoms with Gasteiger partial charge >= 0.3 is 5.97 Å². The van der Waals surface area contributed by atoms with Gasteiger partial charge in [0.25, 0.3) is 5.91 Å². The Morgan fingerprint density at radius 3 is 2.76 bits per heavy atom. The van der Waals surface area contributed by atoms with E-state index in [0.717, 1.165) is 36.2 Å². The number of hydrogen-bond acceptors (Lipinski definition) is 6. The van der Waals surface area contributed by atoms with Crippen LogP contribution in [0.2, 0.25) is 0 Å². The molecule has 0 spiro atoms. The standard InChI is InChI=1S/C25H18BrN3O3S2/c1-2-32-23(30)14-29-20-10-9-15(26)12-22(20)34-25(29)28-24(31)17-13-19(21-8-5-11-33-21)27-18-7-4-3-6-16(17)18/h3-13H,2,14H2,1H3. The van der Waals surface area contributed by atoms with Gasteiger partial charge < -0.3 is 9.30 Å². The summed E-state index contributed by atoms with van der Waals surface area (Å²) >= 11 is 6.40. The quantitative estimate of drug-likeness (QED) is 0.249. The molecular formula is C25H18BrN3O3S2. The number of nitrogens with zero attached hydrogens (tertiary/aromatic N) is 3. The van der Waals surface area contributed by atoms with Crippen LogP contribution in [0.1, 0.15) is 17.3 Å². The largest absolute Gasteiger partial charge is 0.465 e. The Labute approximate surface area is 211 Å². The number of fused-ring (bicyclic) bond motifs is 2. The summed E-state index contributed by atoms with van der Waals surface area (Å²) in [7, 11) is 0. The van der Waals surface area contributed by atoms with Crippen molar-refractivity contribution in [2.24, 2.45) is 4.99 Å². The first kappa shape index (κ1) is 22.6. The summed E-state index contributed by atoms with van der Waals surface area (Å²) in [6.45, 7) is 2.02. The molecule has 0 radical (unpaired) electrons. The molecule has 9 heteroatoms. The summed E-state index contributed by atoms with van der Waals surface area (Å²) in [6, 6.07) is 19.0. The number of benzene rings is 2. The monoisotopic (exact) mass is 551 g/mol. The van der Waals surface area contributed by atoms with Gasteiger partial charge in [0.15, 0.2) is 4.80 Å². The van der Waals surface area contributed by atoms with Crippen LogP contribution < -0.4 is 4.80 Å². The molecule has 5 rings (SSSR count). The zero-order valence-corrected chi connectivity index (χ0v) is 21.2. The highest BCUT2D eigenvalue weighted by atomic mass is 79.9. The Kier molecular flexibility index (Phi) is 6.40. The molecule has 0 aliphatic heterocycles. The van der Waals surface area contributed by atoms with E-state index in [2.05, 4.69) is 20.9 Å². The molecular weight excluding hydrogens is 534 g/mol. The average molecular weight is 552 g/mol. The summed E-state index contributed by atoms with van der Waals surface area (Å²) in [6.07, 6.45) is 0. The van der Waals surface area contributed by atoms with Crippen molar-refractivity contribution in [1.82, 2.24) is 9.55 Å². The Hall–Kier alpha value is -3.14. The van der Waals surface area contributed by atoms with Crippen molar-refractivity contribution in [3.63, 3.8) is 0 Å². The number of rotatable bonds is 5. The second-order valence-electron chi connectivity index (χ2n) is 7.35. The van der Waals surface area contributed by atoms with Gasteiger partial charge in [0, 0.05) is 9.86 Å². The molecule has 0 saturated carbocycles. The fourth-order valence-corrected chi connectivity index (χ4v) is 5.94. The molecule has 0 bridgehead atoms. The lowest BCUT2D eigenvalue weighted by Crippen LogP contribution is -2.23. The van der Waals surface area contributed by atoms with Crippen molar-refractivity contribution < 1.29 is 14.3 Å². The minimum Gasteiger partial charge on any atom is -0.465 e. The molecule has 170 valence electrons. The summed E-state index contributed by atoms with van der Waals surface area (Å²) in [5.41, 5.74) is 2.74. The number of ether oxygens (including phenoxy) is 1. The van der Waals surface area contributed by atoms with E-state index >= 15 is 0 Å². The van der Waals surface area contributed by atoms with E-state index in [4.69, 9.17) is 9.72 Å². The molecule has 0 unspecified atom stereocenters. The highest BCUT2D eigenvalue weighted by Gasteiger charge is 2.16. The van der Waals surface area contributed by atoms with E-state index in [0.29, 0.717) is 10.4 Å². The summed E-state index contributed by atoms with van der Waals surface area (Å²) in [5.74, 6) is -0.770. The van der Waals surface area contributed by atoms with Crippen molar-refractivity contribution in [3.8, 4) is 10.6 Å². The highest BCUT2D eigenvalue weighted by molar-refractivity contribution is 9.10. The molecule has 0 aliphatic rings. The second kappa shape index (κ2) is 9.61. The van der Waals surface area contributed by atoms with E-state index < -0.39 is 0 Å². The van der Waals surface area contributed by atoms with Crippen molar-refractivity contribution in [2.75, 3.05) is 6.61 Å². The van der Waals surface area contributed by atoms with Crippen LogP contribution in [0.4, 0.5) is 0 Å². The molecule has 1 amide bonds. The summed E-state index contributed by atoms with van der Waals surface area (Å²) in [5, 5.41) is 2.71. The molecule has 0 N–H and O–H groups in total. The Balaban J connectivity index is 1.68. The maximum atomic E-state index is 13.5. The first-order valence-corrected chi connectivity index (χ1v) is 13.0. The lowest BCUT2D eigenvalue weighted by atomic mass is 10.1. The van der Waals surface area contributed by atoms with Gasteiger partial charge in [-0.3, -0.25) is 9.59 Å². The smallest absolute Gasteiger partial charge is 0.326 e. The first-order chi connectivity index (χ1) is 16.5. The second-order valence-corrected chi connectivity index (χ2v) is 10.2. The molecule has 2 aromatic carbocycles. The number of amides is 1. The van der Waals surface area contributed by atoms with Crippen molar-refractivity contribution >= 4 is 71.6 Å². The molecule has 3 aromatic heterocycles. The van der Waals surface area contributed by atoms with Crippen molar-refractivity contribution in [2.45, 2.75) is 13.5 Å². The van der Waals surface area contributed by atoms with Gasteiger partial charge in [-0.15, -0.1) is 11.3 Å². The number of hydrogen-bond donors (Lipinski definition) is 0. The normalized spacial score (nSPS) is 11.9. The van der Waals surface area contributed by atoms with Gasteiger partial charge in [-0.1, -0.05) is 51.5 Å². The SMILES string of the molecule is CCOC(=O)Cn1c(=NC(=O)c2cc(-c3cccs3)nc3ccccc23)sc2cc(Br)ccc21. The number of halogens is 1. The van der Waals surface area contributed by atoms with Gasteiger partial charge in [-0.25, -0.2) is 4.98 Å². The zero-order chi connectivity index (χ0) is 23.7. The van der Waals surface area contributed by atoms with E-state index in [1.165, 1.54) is 11.3 Å². The van der Waals surface area contributed by atoms with Crippen LogP contribution in [-0.4, -0.2) is 28.0 Å². The minimum absolute atomic E-state index is 0.0286. The highest BCUT2D eigenvalue weighted by Crippen LogP contribution is 2.28. The van der Waals surface area contributed by atoms with Gasteiger partial charge in [-0.2, -0.15) is 4.99 Å². The number of carbonyl (C=O) groups excluding carboxylic acids is 2. The number of para-hydroxylation sites is 1. The number of thiophene rings is 1. The van der Waals surface area contributed by atoms with Crippen LogP contribution >= 0.6 is 38.6 Å².